The zero-order chi connectivity index (χ0) is 22.9. The van der Waals surface area contributed by atoms with Crippen LogP contribution in [0.25, 0.3) is 32.4 Å². The summed E-state index contributed by atoms with van der Waals surface area (Å²) >= 11 is 1.31. The molecule has 0 aliphatic carbocycles. The summed E-state index contributed by atoms with van der Waals surface area (Å²) in [5.74, 6) is 0.501. The summed E-state index contributed by atoms with van der Waals surface area (Å²) in [6.07, 6.45) is 1.39. The summed E-state index contributed by atoms with van der Waals surface area (Å²) in [6.45, 7) is 3.69. The number of hydrogen-bond donors (Lipinski definition) is 1. The third-order valence-corrected chi connectivity index (χ3v) is 6.41. The molecule has 0 fully saturated rings. The Hall–Kier alpha value is -4.11. The van der Waals surface area contributed by atoms with Crippen molar-refractivity contribution in [2.45, 2.75) is 20.4 Å². The molecule has 9 heteroatoms. The van der Waals surface area contributed by atoms with Gasteiger partial charge in [-0.3, -0.25) is 14.2 Å². The molecule has 3 aromatic heterocycles. The van der Waals surface area contributed by atoms with Crippen LogP contribution in [0, 0.1) is 13.8 Å². The van der Waals surface area contributed by atoms with E-state index < -0.39 is 0 Å². The minimum atomic E-state index is -0.308. The quantitative estimate of drug-likeness (QED) is 0.419. The number of carbonyl (C=O) groups excluding carboxylic acids is 1. The SMILES string of the molecule is Cc1ccc(-c2noc(-c3sc4ncn(CC(=O)Nc5ccccc5)c(=O)c4c3C)n2)cc1. The molecule has 1 N–H and O–H groups in total. The van der Waals surface area contributed by atoms with Crippen molar-refractivity contribution in [3.05, 3.63) is 82.4 Å². The predicted molar refractivity (Wildman–Crippen MR) is 127 cm³/mol. The zero-order valence-corrected chi connectivity index (χ0v) is 18.7. The Kier molecular flexibility index (Phi) is 5.31. The lowest BCUT2D eigenvalue weighted by Crippen LogP contribution is -2.27. The lowest BCUT2D eigenvalue weighted by Gasteiger charge is -2.07. The molecule has 0 saturated carbocycles. The lowest BCUT2D eigenvalue weighted by atomic mass is 10.1. The molecular weight excluding hydrogens is 438 g/mol. The average molecular weight is 458 g/mol. The smallest absolute Gasteiger partial charge is 0.268 e. The predicted octanol–water partition coefficient (Wildman–Crippen LogP) is 4.43. The highest BCUT2D eigenvalue weighted by Crippen LogP contribution is 2.35. The lowest BCUT2D eigenvalue weighted by molar-refractivity contribution is -0.116. The molecule has 5 aromatic rings. The fourth-order valence-electron chi connectivity index (χ4n) is 3.49. The van der Waals surface area contributed by atoms with Gasteiger partial charge in [0.05, 0.1) is 16.6 Å². The number of para-hydroxylation sites is 1. The van der Waals surface area contributed by atoms with Crippen LogP contribution < -0.4 is 10.9 Å². The van der Waals surface area contributed by atoms with Gasteiger partial charge in [0.25, 0.3) is 11.4 Å². The Balaban J connectivity index is 1.45. The highest BCUT2D eigenvalue weighted by molar-refractivity contribution is 7.22. The van der Waals surface area contributed by atoms with Crippen LogP contribution in [-0.4, -0.2) is 25.6 Å². The first kappa shape index (κ1) is 20.8. The Bertz CT molecular complexity index is 1520. The number of aromatic nitrogens is 4. The van der Waals surface area contributed by atoms with Gasteiger partial charge in [-0.25, -0.2) is 4.98 Å². The monoisotopic (exact) mass is 457 g/mol. The van der Waals surface area contributed by atoms with E-state index >= 15 is 0 Å². The van der Waals surface area contributed by atoms with Crippen molar-refractivity contribution >= 4 is 33.1 Å². The number of nitrogens with zero attached hydrogens (tertiary/aromatic N) is 4. The molecule has 0 aliphatic rings. The van der Waals surface area contributed by atoms with E-state index in [-0.39, 0.29) is 18.0 Å². The highest BCUT2D eigenvalue weighted by atomic mass is 32.1. The second-order valence-electron chi connectivity index (χ2n) is 7.62. The normalized spacial score (nSPS) is 11.1. The number of carbonyl (C=O) groups is 1. The van der Waals surface area contributed by atoms with E-state index in [1.165, 1.54) is 22.2 Å². The maximum absolute atomic E-state index is 13.1. The number of nitrogens with one attached hydrogen (secondary N) is 1. The minimum Gasteiger partial charge on any atom is -0.333 e. The first-order valence-electron chi connectivity index (χ1n) is 10.2. The Morgan fingerprint density at radius 1 is 1.09 bits per heavy atom. The van der Waals surface area contributed by atoms with E-state index in [0.717, 1.165) is 11.1 Å². The number of fused-ring (bicyclic) bond motifs is 1. The molecule has 33 heavy (non-hydrogen) atoms. The molecule has 164 valence electrons. The number of amides is 1. The Morgan fingerprint density at radius 2 is 1.85 bits per heavy atom. The van der Waals surface area contributed by atoms with Crippen molar-refractivity contribution in [3.63, 3.8) is 0 Å². The van der Waals surface area contributed by atoms with Gasteiger partial charge in [0.2, 0.25) is 11.7 Å². The van der Waals surface area contributed by atoms with E-state index in [1.807, 2.05) is 56.3 Å². The topological polar surface area (TPSA) is 103 Å². The summed E-state index contributed by atoms with van der Waals surface area (Å²) in [7, 11) is 0. The molecule has 0 bridgehead atoms. The molecule has 8 nitrogen and oxygen atoms in total. The molecule has 0 unspecified atom stereocenters. The first-order valence-corrected chi connectivity index (χ1v) is 11.1. The van der Waals surface area contributed by atoms with Gasteiger partial charge >= 0.3 is 0 Å². The van der Waals surface area contributed by atoms with Gasteiger partial charge in [0, 0.05) is 11.3 Å². The van der Waals surface area contributed by atoms with Gasteiger partial charge in [0.15, 0.2) is 0 Å². The summed E-state index contributed by atoms with van der Waals surface area (Å²) in [5.41, 5.74) is 3.06. The summed E-state index contributed by atoms with van der Waals surface area (Å²) in [5, 5.41) is 7.31. The number of anilines is 1. The van der Waals surface area contributed by atoms with Gasteiger partial charge in [-0.1, -0.05) is 53.2 Å². The number of benzene rings is 2. The molecule has 0 aliphatic heterocycles. The fourth-order valence-corrected chi connectivity index (χ4v) is 4.55. The second-order valence-corrected chi connectivity index (χ2v) is 8.62. The largest absolute Gasteiger partial charge is 0.333 e. The van der Waals surface area contributed by atoms with Crippen molar-refractivity contribution in [2.24, 2.45) is 0 Å². The Morgan fingerprint density at radius 3 is 2.61 bits per heavy atom. The third-order valence-electron chi connectivity index (χ3n) is 5.22. The molecule has 0 atom stereocenters. The Labute approximate surface area is 192 Å². The molecule has 3 heterocycles. The first-order chi connectivity index (χ1) is 16.0. The van der Waals surface area contributed by atoms with Crippen LogP contribution in [0.15, 0.2) is 70.2 Å². The van der Waals surface area contributed by atoms with E-state index in [0.29, 0.717) is 38.1 Å². The fraction of sp³-hybridized carbons (Fsp3) is 0.125. The van der Waals surface area contributed by atoms with Gasteiger partial charge in [-0.05, 0) is 31.5 Å². The second kappa shape index (κ2) is 8.44. The number of hydrogen-bond acceptors (Lipinski definition) is 7. The number of thiophene rings is 1. The van der Waals surface area contributed by atoms with Crippen LogP contribution in [0.4, 0.5) is 5.69 Å². The van der Waals surface area contributed by atoms with Gasteiger partial charge < -0.3 is 9.84 Å². The van der Waals surface area contributed by atoms with E-state index in [4.69, 9.17) is 4.52 Å². The van der Waals surface area contributed by atoms with Crippen LogP contribution in [0.3, 0.4) is 0 Å². The van der Waals surface area contributed by atoms with E-state index in [1.54, 1.807) is 12.1 Å². The van der Waals surface area contributed by atoms with Gasteiger partial charge in [0.1, 0.15) is 11.4 Å². The van der Waals surface area contributed by atoms with Crippen molar-refractivity contribution in [1.82, 2.24) is 19.7 Å². The molecule has 2 aromatic carbocycles. The minimum absolute atomic E-state index is 0.139. The van der Waals surface area contributed by atoms with Gasteiger partial charge in [-0.2, -0.15) is 4.98 Å². The highest BCUT2D eigenvalue weighted by Gasteiger charge is 2.21. The molecular formula is C24H19N5O3S. The van der Waals surface area contributed by atoms with Crippen LogP contribution in [0.5, 0.6) is 0 Å². The summed E-state index contributed by atoms with van der Waals surface area (Å²) in [4.78, 5) is 35.7. The standard InChI is InChI=1S/C24H19N5O3S/c1-14-8-10-16(11-9-14)21-27-22(32-28-21)20-15(2)19-23(33-20)25-13-29(24(19)31)12-18(30)26-17-6-4-3-5-7-17/h3-11,13H,12H2,1-2H3,(H,26,30). The summed E-state index contributed by atoms with van der Waals surface area (Å²) in [6, 6.07) is 16.9. The van der Waals surface area contributed by atoms with Crippen molar-refractivity contribution < 1.29 is 9.32 Å². The third kappa shape index (κ3) is 4.06. The van der Waals surface area contributed by atoms with Crippen molar-refractivity contribution in [1.29, 1.82) is 0 Å². The van der Waals surface area contributed by atoms with Crippen molar-refractivity contribution in [3.8, 4) is 22.2 Å². The van der Waals surface area contributed by atoms with Gasteiger partial charge in [-0.15, -0.1) is 11.3 Å². The molecule has 0 spiro atoms. The van der Waals surface area contributed by atoms with Crippen LogP contribution in [-0.2, 0) is 11.3 Å². The van der Waals surface area contributed by atoms with Crippen LogP contribution in [0.1, 0.15) is 11.1 Å². The van der Waals surface area contributed by atoms with Crippen LogP contribution in [0.2, 0.25) is 0 Å². The maximum atomic E-state index is 13.1. The van der Waals surface area contributed by atoms with Crippen LogP contribution >= 0.6 is 11.3 Å². The van der Waals surface area contributed by atoms with E-state index in [2.05, 4.69) is 20.4 Å². The van der Waals surface area contributed by atoms with Crippen molar-refractivity contribution in [2.75, 3.05) is 5.32 Å². The molecule has 0 saturated heterocycles. The maximum Gasteiger partial charge on any atom is 0.268 e. The molecule has 1 amide bonds. The average Bonchev–Trinajstić information content (AvgIpc) is 3.42. The number of aryl methyl sites for hydroxylation is 2. The summed E-state index contributed by atoms with van der Waals surface area (Å²) < 4.78 is 6.80. The molecule has 5 rings (SSSR count). The number of rotatable bonds is 5. The van der Waals surface area contributed by atoms with E-state index in [9.17, 15) is 9.59 Å². The zero-order valence-electron chi connectivity index (χ0n) is 17.9. The molecule has 0 radical (unpaired) electrons.